The molecule has 4 N–H and O–H groups in total. The summed E-state index contributed by atoms with van der Waals surface area (Å²) in [6.45, 7) is 4.49. The van der Waals surface area contributed by atoms with Gasteiger partial charge in [-0.3, -0.25) is 4.79 Å². The molecule has 6 unspecified atom stereocenters. The quantitative estimate of drug-likeness (QED) is 0.0272. The number of unbranched alkanes of at least 4 members (excludes halogenated alkanes) is 20. The summed E-state index contributed by atoms with van der Waals surface area (Å²) in [6.07, 6.45) is 41.4. The van der Waals surface area contributed by atoms with Gasteiger partial charge in [0, 0.05) is 13.0 Å². The van der Waals surface area contributed by atoms with Crippen molar-refractivity contribution in [2.75, 3.05) is 26.4 Å². The Morgan fingerprint density at radius 1 is 0.561 bits per heavy atom. The number of aliphatic hydroxyl groups excluding tert-OH is 4. The van der Waals surface area contributed by atoms with E-state index in [9.17, 15) is 25.2 Å². The SMILES string of the molecule is CCCCC/C=C\CCCCCCCC(=O)OC(COCCCCCCCCC/C=C\C/C=C\C/C=C\CCCCCCC)COC1OC(CO)C(O)C(O)C1O. The van der Waals surface area contributed by atoms with Crippen LogP contribution in [0.1, 0.15) is 187 Å². The molecule has 0 aromatic carbocycles. The van der Waals surface area contributed by atoms with Gasteiger partial charge in [0.05, 0.1) is 19.8 Å². The molecule has 1 saturated heterocycles. The van der Waals surface area contributed by atoms with Gasteiger partial charge in [0.15, 0.2) is 6.29 Å². The summed E-state index contributed by atoms with van der Waals surface area (Å²) in [5.74, 6) is -0.328. The van der Waals surface area contributed by atoms with Crippen molar-refractivity contribution in [2.24, 2.45) is 0 Å². The number of hydrogen-bond acceptors (Lipinski definition) is 9. The Kier molecular flexibility index (Phi) is 36.9. The van der Waals surface area contributed by atoms with Crippen LogP contribution in [0.2, 0.25) is 0 Å². The molecule has 9 nitrogen and oxygen atoms in total. The Morgan fingerprint density at radius 3 is 1.58 bits per heavy atom. The van der Waals surface area contributed by atoms with Crippen LogP contribution in [0.15, 0.2) is 48.6 Å². The second-order valence-corrected chi connectivity index (χ2v) is 15.8. The molecule has 9 heteroatoms. The molecular weight excluding hydrogens is 721 g/mol. The molecule has 0 saturated carbocycles. The monoisotopic (exact) mass is 807 g/mol. The summed E-state index contributed by atoms with van der Waals surface area (Å²) >= 11 is 0. The fraction of sp³-hybridized carbons (Fsp3) is 0.812. The van der Waals surface area contributed by atoms with Crippen molar-refractivity contribution in [3.8, 4) is 0 Å². The van der Waals surface area contributed by atoms with Gasteiger partial charge in [-0.1, -0.05) is 152 Å². The van der Waals surface area contributed by atoms with E-state index in [1.807, 2.05) is 0 Å². The van der Waals surface area contributed by atoms with Crippen molar-refractivity contribution in [2.45, 2.75) is 224 Å². The van der Waals surface area contributed by atoms with Crippen molar-refractivity contribution in [1.82, 2.24) is 0 Å². The van der Waals surface area contributed by atoms with E-state index < -0.39 is 43.4 Å². The third kappa shape index (κ3) is 30.8. The van der Waals surface area contributed by atoms with Crippen LogP contribution in [0.4, 0.5) is 0 Å². The lowest BCUT2D eigenvalue weighted by atomic mass is 9.99. The van der Waals surface area contributed by atoms with Gasteiger partial charge < -0.3 is 39.4 Å². The minimum atomic E-state index is -1.54. The molecule has 1 rings (SSSR count). The summed E-state index contributed by atoms with van der Waals surface area (Å²) in [5, 5.41) is 40.1. The standard InChI is InChI=1S/C48H86O9/c1-3-5-7-9-11-13-15-17-18-19-20-21-22-23-24-25-26-28-30-32-34-36-38-54-40-42(41-55-48-47(53)46(52)45(51)43(39-49)57-48)56-44(50)37-35-33-31-29-27-16-14-12-10-8-6-4-2/h12,14-15,17,19-20,22-23,42-43,45-49,51-53H,3-11,13,16,18,21,24-41H2,1-2H3/b14-12-,17-15-,20-19-,23-22-. The first-order valence-corrected chi connectivity index (χ1v) is 23.2. The molecule has 0 aliphatic carbocycles. The zero-order chi connectivity index (χ0) is 41.4. The average Bonchev–Trinajstić information content (AvgIpc) is 3.21. The molecule has 57 heavy (non-hydrogen) atoms. The van der Waals surface area contributed by atoms with Crippen LogP contribution in [-0.2, 0) is 23.7 Å². The van der Waals surface area contributed by atoms with Crippen molar-refractivity contribution in [3.63, 3.8) is 0 Å². The predicted octanol–water partition coefficient (Wildman–Crippen LogP) is 10.5. The second kappa shape index (κ2) is 39.6. The van der Waals surface area contributed by atoms with Crippen molar-refractivity contribution < 1.29 is 44.2 Å². The first-order valence-electron chi connectivity index (χ1n) is 23.2. The maximum atomic E-state index is 12.7. The highest BCUT2D eigenvalue weighted by Crippen LogP contribution is 2.22. The fourth-order valence-electron chi connectivity index (χ4n) is 6.79. The molecule has 0 bridgehead atoms. The van der Waals surface area contributed by atoms with Crippen LogP contribution in [-0.4, -0.2) is 89.6 Å². The second-order valence-electron chi connectivity index (χ2n) is 15.8. The zero-order valence-corrected chi connectivity index (χ0v) is 36.3. The third-order valence-electron chi connectivity index (χ3n) is 10.5. The van der Waals surface area contributed by atoms with Crippen LogP contribution in [0, 0.1) is 0 Å². The molecular formula is C48H86O9. The van der Waals surface area contributed by atoms with E-state index >= 15 is 0 Å². The normalized spacial score (nSPS) is 20.8. The highest BCUT2D eigenvalue weighted by Gasteiger charge is 2.44. The molecule has 1 fully saturated rings. The van der Waals surface area contributed by atoms with Crippen LogP contribution >= 0.6 is 0 Å². The molecule has 0 amide bonds. The topological polar surface area (TPSA) is 135 Å². The van der Waals surface area contributed by atoms with E-state index in [0.29, 0.717) is 13.0 Å². The zero-order valence-electron chi connectivity index (χ0n) is 36.3. The third-order valence-corrected chi connectivity index (χ3v) is 10.5. The number of carbonyl (C=O) groups is 1. The summed E-state index contributed by atoms with van der Waals surface area (Å²) in [7, 11) is 0. The smallest absolute Gasteiger partial charge is 0.306 e. The molecule has 1 heterocycles. The molecule has 0 aromatic heterocycles. The first-order chi connectivity index (χ1) is 27.9. The highest BCUT2D eigenvalue weighted by molar-refractivity contribution is 5.69. The van der Waals surface area contributed by atoms with E-state index in [1.165, 1.54) is 89.9 Å². The van der Waals surface area contributed by atoms with E-state index in [-0.39, 0.29) is 19.2 Å². The van der Waals surface area contributed by atoms with Crippen LogP contribution in [0.3, 0.4) is 0 Å². The Morgan fingerprint density at radius 2 is 1.02 bits per heavy atom. The number of rotatable bonds is 39. The Balaban J connectivity index is 2.24. The van der Waals surface area contributed by atoms with Gasteiger partial charge >= 0.3 is 5.97 Å². The first kappa shape index (κ1) is 53.2. The van der Waals surface area contributed by atoms with Gasteiger partial charge in [0.25, 0.3) is 0 Å². The van der Waals surface area contributed by atoms with Gasteiger partial charge in [0.1, 0.15) is 30.5 Å². The van der Waals surface area contributed by atoms with Crippen LogP contribution in [0.5, 0.6) is 0 Å². The number of allylic oxidation sites excluding steroid dienone is 8. The molecule has 6 atom stereocenters. The number of esters is 1. The summed E-state index contributed by atoms with van der Waals surface area (Å²) in [5.41, 5.74) is 0. The Bertz CT molecular complexity index is 1010. The van der Waals surface area contributed by atoms with E-state index in [1.54, 1.807) is 0 Å². The van der Waals surface area contributed by atoms with E-state index in [2.05, 4.69) is 62.5 Å². The van der Waals surface area contributed by atoms with Gasteiger partial charge in [0.2, 0.25) is 0 Å². The molecule has 1 aliphatic heterocycles. The largest absolute Gasteiger partial charge is 0.457 e. The molecule has 0 spiro atoms. The number of hydrogen-bond donors (Lipinski definition) is 4. The maximum absolute atomic E-state index is 12.7. The average molecular weight is 807 g/mol. The van der Waals surface area contributed by atoms with Crippen molar-refractivity contribution in [3.05, 3.63) is 48.6 Å². The van der Waals surface area contributed by atoms with E-state index in [4.69, 9.17) is 18.9 Å². The van der Waals surface area contributed by atoms with Crippen molar-refractivity contribution in [1.29, 1.82) is 0 Å². The van der Waals surface area contributed by atoms with E-state index in [0.717, 1.165) is 77.0 Å². The van der Waals surface area contributed by atoms with Gasteiger partial charge in [-0.2, -0.15) is 0 Å². The highest BCUT2D eigenvalue weighted by atomic mass is 16.7. The molecule has 0 aromatic rings. The number of carbonyl (C=O) groups excluding carboxylic acids is 1. The van der Waals surface area contributed by atoms with Crippen LogP contribution < -0.4 is 0 Å². The molecule has 1 aliphatic rings. The van der Waals surface area contributed by atoms with Gasteiger partial charge in [-0.25, -0.2) is 0 Å². The Labute approximate surface area is 348 Å². The fourth-order valence-corrected chi connectivity index (χ4v) is 6.79. The molecule has 332 valence electrons. The van der Waals surface area contributed by atoms with Gasteiger partial charge in [-0.05, 0) is 77.0 Å². The van der Waals surface area contributed by atoms with Crippen LogP contribution in [0.25, 0.3) is 0 Å². The predicted molar refractivity (Wildman–Crippen MR) is 233 cm³/mol. The lowest BCUT2D eigenvalue weighted by Crippen LogP contribution is -2.59. The Hall–Kier alpha value is -1.85. The van der Waals surface area contributed by atoms with Gasteiger partial charge in [-0.15, -0.1) is 0 Å². The number of aliphatic hydroxyl groups is 4. The molecule has 0 radical (unpaired) electrons. The summed E-state index contributed by atoms with van der Waals surface area (Å²) < 4.78 is 22.8. The summed E-state index contributed by atoms with van der Waals surface area (Å²) in [4.78, 5) is 12.7. The lowest BCUT2D eigenvalue weighted by Gasteiger charge is -2.39. The minimum absolute atomic E-state index is 0.122. The maximum Gasteiger partial charge on any atom is 0.306 e. The van der Waals surface area contributed by atoms with Crippen molar-refractivity contribution >= 4 is 5.97 Å². The summed E-state index contributed by atoms with van der Waals surface area (Å²) in [6, 6.07) is 0. The minimum Gasteiger partial charge on any atom is -0.457 e. The lowest BCUT2D eigenvalue weighted by molar-refractivity contribution is -0.305. The number of ether oxygens (including phenoxy) is 4.